The van der Waals surface area contributed by atoms with E-state index >= 15 is 0 Å². The predicted molar refractivity (Wildman–Crippen MR) is 42.9 cm³/mol. The Morgan fingerprint density at radius 3 is 2.55 bits per heavy atom. The molecule has 11 heavy (non-hydrogen) atoms. The summed E-state index contributed by atoms with van der Waals surface area (Å²) in [5, 5.41) is 11.4. The van der Waals surface area contributed by atoms with Crippen molar-refractivity contribution in [3.8, 4) is 0 Å². The van der Waals surface area contributed by atoms with E-state index in [1.807, 2.05) is 0 Å². The molecule has 0 spiro atoms. The molecule has 1 amide bonds. The minimum absolute atomic E-state index is 0.103. The molecule has 0 aromatic heterocycles. The Labute approximate surface area is 66.8 Å². The number of hydrogen-bond donors (Lipinski definition) is 3. The number of carbonyl (C=O) groups is 1. The van der Waals surface area contributed by atoms with E-state index in [-0.39, 0.29) is 11.8 Å². The van der Waals surface area contributed by atoms with Crippen LogP contribution < -0.4 is 11.1 Å². The molecule has 4 heteroatoms. The van der Waals surface area contributed by atoms with Crippen molar-refractivity contribution in [2.75, 3.05) is 13.1 Å². The van der Waals surface area contributed by atoms with Gasteiger partial charge in [0.1, 0.15) is 0 Å². The zero-order valence-corrected chi connectivity index (χ0v) is 7.00. The first-order chi connectivity index (χ1) is 5.07. The van der Waals surface area contributed by atoms with Crippen molar-refractivity contribution < 1.29 is 9.90 Å². The maximum absolute atomic E-state index is 11.0. The topological polar surface area (TPSA) is 75.3 Å². The number of aliphatic hydroxyl groups is 1. The number of nitrogens with two attached hydrogens (primary N) is 1. The largest absolute Gasteiger partial charge is 0.392 e. The molecular weight excluding hydrogens is 144 g/mol. The van der Waals surface area contributed by atoms with Crippen LogP contribution in [0.1, 0.15) is 13.8 Å². The molecule has 2 atom stereocenters. The lowest BCUT2D eigenvalue weighted by Crippen LogP contribution is -2.37. The fourth-order valence-corrected chi connectivity index (χ4v) is 0.530. The summed E-state index contributed by atoms with van der Waals surface area (Å²) in [7, 11) is 0. The monoisotopic (exact) mass is 160 g/mol. The van der Waals surface area contributed by atoms with Gasteiger partial charge in [-0.15, -0.1) is 0 Å². The van der Waals surface area contributed by atoms with Gasteiger partial charge in [-0.2, -0.15) is 0 Å². The second kappa shape index (κ2) is 5.09. The molecule has 4 nitrogen and oxygen atoms in total. The molecular formula is C7H16N2O2. The number of amides is 1. The van der Waals surface area contributed by atoms with Gasteiger partial charge in [-0.05, 0) is 6.92 Å². The third-order valence-electron chi connectivity index (χ3n) is 1.37. The normalized spacial score (nSPS) is 15.6. The van der Waals surface area contributed by atoms with Gasteiger partial charge in [-0.1, -0.05) is 6.92 Å². The second-order valence-electron chi connectivity index (χ2n) is 2.73. The summed E-state index contributed by atoms with van der Waals surface area (Å²) in [5.41, 5.74) is 5.26. The highest BCUT2D eigenvalue weighted by atomic mass is 16.3. The number of carbonyl (C=O) groups excluding carboxylic acids is 1. The van der Waals surface area contributed by atoms with Crippen LogP contribution in [0.15, 0.2) is 0 Å². The quantitative estimate of drug-likeness (QED) is 0.498. The Morgan fingerprint density at radius 1 is 1.64 bits per heavy atom. The Bertz CT molecular complexity index is 126. The van der Waals surface area contributed by atoms with Crippen LogP contribution in [-0.4, -0.2) is 30.2 Å². The first-order valence-electron chi connectivity index (χ1n) is 3.73. The summed E-state index contributed by atoms with van der Waals surface area (Å²) in [5.74, 6) is -0.276. The molecule has 4 N–H and O–H groups in total. The zero-order valence-electron chi connectivity index (χ0n) is 7.00. The van der Waals surface area contributed by atoms with Gasteiger partial charge in [0.2, 0.25) is 5.91 Å². The van der Waals surface area contributed by atoms with E-state index in [4.69, 9.17) is 10.8 Å². The van der Waals surface area contributed by atoms with E-state index < -0.39 is 6.10 Å². The summed E-state index contributed by atoms with van der Waals surface area (Å²) in [6, 6.07) is 0. The van der Waals surface area contributed by atoms with E-state index in [2.05, 4.69) is 5.32 Å². The van der Waals surface area contributed by atoms with Crippen LogP contribution in [0.5, 0.6) is 0 Å². The Kier molecular flexibility index (Phi) is 4.81. The van der Waals surface area contributed by atoms with Gasteiger partial charge in [0.05, 0.1) is 6.10 Å². The first kappa shape index (κ1) is 10.4. The molecule has 0 heterocycles. The molecule has 0 aliphatic carbocycles. The van der Waals surface area contributed by atoms with Crippen LogP contribution in [0.3, 0.4) is 0 Å². The predicted octanol–water partition coefficient (Wildman–Crippen LogP) is -0.922. The molecule has 66 valence electrons. The number of rotatable bonds is 4. The van der Waals surface area contributed by atoms with Crippen molar-refractivity contribution in [2.24, 2.45) is 11.7 Å². The summed E-state index contributed by atoms with van der Waals surface area (Å²) >= 11 is 0. The SMILES string of the molecule is CC(O)CNC(=O)C(C)CN. The Hall–Kier alpha value is -0.610. The van der Waals surface area contributed by atoms with Crippen LogP contribution in [-0.2, 0) is 4.79 Å². The summed E-state index contributed by atoms with van der Waals surface area (Å²) < 4.78 is 0. The lowest BCUT2D eigenvalue weighted by Gasteiger charge is -2.10. The molecule has 0 saturated heterocycles. The smallest absolute Gasteiger partial charge is 0.224 e. The molecule has 0 bridgehead atoms. The molecule has 0 aliphatic rings. The standard InChI is InChI=1S/C7H16N2O2/c1-5(3-8)7(11)9-4-6(2)10/h5-6,10H,3-4,8H2,1-2H3,(H,9,11). The van der Waals surface area contributed by atoms with E-state index in [0.29, 0.717) is 13.1 Å². The van der Waals surface area contributed by atoms with Crippen LogP contribution in [0.25, 0.3) is 0 Å². The van der Waals surface area contributed by atoms with Gasteiger partial charge >= 0.3 is 0 Å². The number of hydrogen-bond acceptors (Lipinski definition) is 3. The lowest BCUT2D eigenvalue weighted by molar-refractivity contribution is -0.124. The van der Waals surface area contributed by atoms with E-state index in [1.54, 1.807) is 13.8 Å². The molecule has 0 saturated carbocycles. The van der Waals surface area contributed by atoms with Crippen LogP contribution >= 0.6 is 0 Å². The number of aliphatic hydroxyl groups excluding tert-OH is 1. The average Bonchev–Trinajstić information content (AvgIpc) is 1.98. The summed E-state index contributed by atoms with van der Waals surface area (Å²) in [6.45, 7) is 4.00. The first-order valence-corrected chi connectivity index (χ1v) is 3.73. The molecule has 0 fully saturated rings. The Balaban J connectivity index is 3.52. The maximum Gasteiger partial charge on any atom is 0.224 e. The van der Waals surface area contributed by atoms with Crippen LogP contribution in [0, 0.1) is 5.92 Å². The van der Waals surface area contributed by atoms with Gasteiger partial charge in [0.15, 0.2) is 0 Å². The summed E-state index contributed by atoms with van der Waals surface area (Å²) in [4.78, 5) is 11.0. The van der Waals surface area contributed by atoms with Gasteiger partial charge in [-0.25, -0.2) is 0 Å². The minimum atomic E-state index is -0.496. The van der Waals surface area contributed by atoms with Gasteiger partial charge < -0.3 is 16.2 Å². The lowest BCUT2D eigenvalue weighted by atomic mass is 10.2. The highest BCUT2D eigenvalue weighted by molar-refractivity contribution is 5.78. The average molecular weight is 160 g/mol. The van der Waals surface area contributed by atoms with E-state index in [1.165, 1.54) is 0 Å². The highest BCUT2D eigenvalue weighted by Crippen LogP contribution is 1.89. The third-order valence-corrected chi connectivity index (χ3v) is 1.37. The van der Waals surface area contributed by atoms with E-state index in [9.17, 15) is 4.79 Å². The molecule has 0 radical (unpaired) electrons. The van der Waals surface area contributed by atoms with Crippen molar-refractivity contribution >= 4 is 5.91 Å². The fraction of sp³-hybridized carbons (Fsp3) is 0.857. The molecule has 0 aromatic carbocycles. The van der Waals surface area contributed by atoms with Crippen LogP contribution in [0.4, 0.5) is 0 Å². The van der Waals surface area contributed by atoms with Crippen LogP contribution in [0.2, 0.25) is 0 Å². The van der Waals surface area contributed by atoms with Crippen molar-refractivity contribution in [1.29, 1.82) is 0 Å². The Morgan fingerprint density at radius 2 is 2.18 bits per heavy atom. The summed E-state index contributed by atoms with van der Waals surface area (Å²) in [6.07, 6.45) is -0.496. The van der Waals surface area contributed by atoms with Gasteiger partial charge in [0.25, 0.3) is 0 Å². The molecule has 0 aliphatic heterocycles. The number of nitrogens with one attached hydrogen (secondary N) is 1. The third kappa shape index (κ3) is 4.75. The minimum Gasteiger partial charge on any atom is -0.392 e. The van der Waals surface area contributed by atoms with E-state index in [0.717, 1.165) is 0 Å². The fourth-order valence-electron chi connectivity index (χ4n) is 0.530. The van der Waals surface area contributed by atoms with Crippen molar-refractivity contribution in [1.82, 2.24) is 5.32 Å². The van der Waals surface area contributed by atoms with Crippen molar-refractivity contribution in [3.63, 3.8) is 0 Å². The highest BCUT2D eigenvalue weighted by Gasteiger charge is 2.09. The maximum atomic E-state index is 11.0. The van der Waals surface area contributed by atoms with Gasteiger partial charge in [0, 0.05) is 19.0 Å². The second-order valence-corrected chi connectivity index (χ2v) is 2.73. The molecule has 0 rings (SSSR count). The molecule has 0 aromatic rings. The zero-order chi connectivity index (χ0) is 8.85. The van der Waals surface area contributed by atoms with Crippen molar-refractivity contribution in [2.45, 2.75) is 20.0 Å². The van der Waals surface area contributed by atoms with Crippen molar-refractivity contribution in [3.05, 3.63) is 0 Å². The molecule has 2 unspecified atom stereocenters. The van der Waals surface area contributed by atoms with Gasteiger partial charge in [-0.3, -0.25) is 4.79 Å².